The van der Waals surface area contributed by atoms with Crippen LogP contribution in [-0.2, 0) is 10.0 Å². The van der Waals surface area contributed by atoms with E-state index in [1.54, 1.807) is 0 Å². The SMILES string of the molecule is N#Cc1ccc(SCCS(N)(=O)=O)c(F)c1Br. The lowest BCUT2D eigenvalue weighted by molar-refractivity contribution is 0.593. The normalized spacial score (nSPS) is 11.2. The van der Waals surface area contributed by atoms with Crippen molar-refractivity contribution in [2.24, 2.45) is 5.14 Å². The fraction of sp³-hybridized carbons (Fsp3) is 0.222. The van der Waals surface area contributed by atoms with Gasteiger partial charge in [0, 0.05) is 10.6 Å². The number of benzene rings is 1. The summed E-state index contributed by atoms with van der Waals surface area (Å²) in [6.45, 7) is 0. The number of nitriles is 1. The summed E-state index contributed by atoms with van der Waals surface area (Å²) in [7, 11) is -3.54. The second kappa shape index (κ2) is 5.82. The van der Waals surface area contributed by atoms with E-state index in [9.17, 15) is 12.8 Å². The Kier molecular flexibility index (Phi) is 4.94. The lowest BCUT2D eigenvalue weighted by atomic mass is 10.2. The molecule has 4 nitrogen and oxygen atoms in total. The monoisotopic (exact) mass is 338 g/mol. The van der Waals surface area contributed by atoms with Crippen LogP contribution in [0.4, 0.5) is 4.39 Å². The van der Waals surface area contributed by atoms with Crippen LogP contribution in [0.3, 0.4) is 0 Å². The molecule has 0 aromatic heterocycles. The Hall–Kier alpha value is -0.620. The van der Waals surface area contributed by atoms with Gasteiger partial charge in [0.2, 0.25) is 10.0 Å². The molecule has 0 aliphatic carbocycles. The molecule has 0 amide bonds. The zero-order chi connectivity index (χ0) is 13.1. The van der Waals surface area contributed by atoms with Crippen LogP contribution >= 0.6 is 27.7 Å². The van der Waals surface area contributed by atoms with Gasteiger partial charge in [0.25, 0.3) is 0 Å². The average molecular weight is 339 g/mol. The van der Waals surface area contributed by atoms with Gasteiger partial charge in [0.05, 0.1) is 15.8 Å². The van der Waals surface area contributed by atoms with Crippen molar-refractivity contribution in [1.82, 2.24) is 0 Å². The first-order valence-electron chi connectivity index (χ1n) is 4.36. The molecule has 0 bridgehead atoms. The van der Waals surface area contributed by atoms with E-state index in [-0.39, 0.29) is 26.4 Å². The van der Waals surface area contributed by atoms with Crippen LogP contribution in [-0.4, -0.2) is 19.9 Å². The molecule has 92 valence electrons. The molecule has 0 aliphatic rings. The van der Waals surface area contributed by atoms with Crippen molar-refractivity contribution in [2.45, 2.75) is 4.90 Å². The summed E-state index contributed by atoms with van der Waals surface area (Å²) in [5, 5.41) is 13.5. The number of rotatable bonds is 4. The lowest BCUT2D eigenvalue weighted by Gasteiger charge is -2.05. The third kappa shape index (κ3) is 4.27. The predicted octanol–water partition coefficient (Wildman–Crippen LogP) is 1.84. The maximum absolute atomic E-state index is 13.7. The summed E-state index contributed by atoms with van der Waals surface area (Å²) in [6, 6.07) is 4.73. The van der Waals surface area contributed by atoms with Crippen LogP contribution in [0.5, 0.6) is 0 Å². The highest BCUT2D eigenvalue weighted by molar-refractivity contribution is 9.10. The standard InChI is InChI=1S/C9H8BrFN2O2S2/c10-8-6(5-12)1-2-7(9(8)11)16-3-4-17(13,14)15/h1-2H,3-4H2,(H2,13,14,15). The summed E-state index contributed by atoms with van der Waals surface area (Å²) in [5.74, 6) is -0.633. The molecular weight excluding hydrogens is 331 g/mol. The van der Waals surface area contributed by atoms with Crippen molar-refractivity contribution in [1.29, 1.82) is 5.26 Å². The molecule has 1 aromatic rings. The molecular formula is C9H8BrFN2O2S2. The fourth-order valence-corrected chi connectivity index (χ4v) is 3.44. The van der Waals surface area contributed by atoms with Crippen molar-refractivity contribution in [3.05, 3.63) is 28.0 Å². The fourth-order valence-electron chi connectivity index (χ4n) is 0.997. The minimum atomic E-state index is -3.54. The topological polar surface area (TPSA) is 83.9 Å². The highest BCUT2D eigenvalue weighted by atomic mass is 79.9. The van der Waals surface area contributed by atoms with Crippen LogP contribution in [0, 0.1) is 17.1 Å². The van der Waals surface area contributed by atoms with E-state index in [1.165, 1.54) is 12.1 Å². The lowest BCUT2D eigenvalue weighted by Crippen LogP contribution is -2.17. The minimum absolute atomic E-state index is 0.0839. The molecule has 0 saturated heterocycles. The summed E-state index contributed by atoms with van der Waals surface area (Å²) < 4.78 is 35.1. The summed E-state index contributed by atoms with van der Waals surface area (Å²) in [4.78, 5) is 0.277. The number of hydrogen-bond acceptors (Lipinski definition) is 4. The van der Waals surface area contributed by atoms with Crippen LogP contribution in [0.2, 0.25) is 0 Å². The van der Waals surface area contributed by atoms with Crippen LogP contribution in [0.25, 0.3) is 0 Å². The number of hydrogen-bond donors (Lipinski definition) is 1. The summed E-state index contributed by atoms with van der Waals surface area (Å²) in [6.07, 6.45) is 0. The largest absolute Gasteiger partial charge is 0.229 e. The van der Waals surface area contributed by atoms with E-state index in [0.717, 1.165) is 11.8 Å². The van der Waals surface area contributed by atoms with Crippen molar-refractivity contribution < 1.29 is 12.8 Å². The zero-order valence-corrected chi connectivity index (χ0v) is 11.7. The van der Waals surface area contributed by atoms with E-state index >= 15 is 0 Å². The number of primary sulfonamides is 1. The van der Waals surface area contributed by atoms with Gasteiger partial charge in [-0.05, 0) is 28.1 Å². The maximum Gasteiger partial charge on any atom is 0.209 e. The molecule has 2 N–H and O–H groups in total. The highest BCUT2D eigenvalue weighted by Crippen LogP contribution is 2.29. The summed E-state index contributed by atoms with van der Waals surface area (Å²) >= 11 is 4.00. The molecule has 0 saturated carbocycles. The molecule has 1 rings (SSSR count). The van der Waals surface area contributed by atoms with Crippen LogP contribution in [0.1, 0.15) is 5.56 Å². The van der Waals surface area contributed by atoms with Crippen molar-refractivity contribution in [2.75, 3.05) is 11.5 Å². The Morgan fingerprint density at radius 2 is 2.18 bits per heavy atom. The molecule has 1 aromatic carbocycles. The third-order valence-electron chi connectivity index (χ3n) is 1.79. The summed E-state index contributed by atoms with van der Waals surface area (Å²) in [5.41, 5.74) is 0.193. The van der Waals surface area contributed by atoms with E-state index in [2.05, 4.69) is 15.9 Å². The Balaban J connectivity index is 2.81. The number of sulfonamides is 1. The van der Waals surface area contributed by atoms with Gasteiger partial charge in [0.1, 0.15) is 6.07 Å². The molecule has 0 aliphatic heterocycles. The Morgan fingerprint density at radius 3 is 2.71 bits per heavy atom. The maximum atomic E-state index is 13.7. The molecule has 0 atom stereocenters. The van der Waals surface area contributed by atoms with Gasteiger partial charge in [-0.15, -0.1) is 11.8 Å². The molecule has 17 heavy (non-hydrogen) atoms. The van der Waals surface area contributed by atoms with Gasteiger partial charge in [-0.3, -0.25) is 0 Å². The minimum Gasteiger partial charge on any atom is -0.229 e. The second-order valence-corrected chi connectivity index (χ2v) is 6.73. The first-order chi connectivity index (χ1) is 7.85. The number of thioether (sulfide) groups is 1. The third-order valence-corrected chi connectivity index (χ3v) is 4.63. The van der Waals surface area contributed by atoms with Gasteiger partial charge in [-0.1, -0.05) is 0 Å². The Bertz CT molecular complexity index is 569. The predicted molar refractivity (Wildman–Crippen MR) is 67.5 cm³/mol. The molecule has 0 spiro atoms. The van der Waals surface area contributed by atoms with Crippen LogP contribution in [0.15, 0.2) is 21.5 Å². The van der Waals surface area contributed by atoms with Gasteiger partial charge < -0.3 is 0 Å². The molecule has 8 heteroatoms. The first-order valence-corrected chi connectivity index (χ1v) is 7.86. The smallest absolute Gasteiger partial charge is 0.209 e. The van der Waals surface area contributed by atoms with E-state index in [0.29, 0.717) is 0 Å². The average Bonchev–Trinajstić information content (AvgIpc) is 2.23. The van der Waals surface area contributed by atoms with Crippen molar-refractivity contribution in [3.63, 3.8) is 0 Å². The van der Waals surface area contributed by atoms with Crippen LogP contribution < -0.4 is 5.14 Å². The van der Waals surface area contributed by atoms with E-state index in [1.807, 2.05) is 6.07 Å². The Morgan fingerprint density at radius 1 is 1.53 bits per heavy atom. The van der Waals surface area contributed by atoms with Gasteiger partial charge in [-0.25, -0.2) is 17.9 Å². The molecule has 0 radical (unpaired) electrons. The highest BCUT2D eigenvalue weighted by Gasteiger charge is 2.12. The van der Waals surface area contributed by atoms with Gasteiger partial charge in [0.15, 0.2) is 5.82 Å². The molecule has 0 unspecified atom stereocenters. The number of nitrogens with zero attached hydrogens (tertiary/aromatic N) is 1. The number of nitrogens with two attached hydrogens (primary N) is 1. The number of halogens is 2. The molecule has 0 fully saturated rings. The van der Waals surface area contributed by atoms with Gasteiger partial charge >= 0.3 is 0 Å². The van der Waals surface area contributed by atoms with E-state index in [4.69, 9.17) is 10.4 Å². The molecule has 0 heterocycles. The quantitative estimate of drug-likeness (QED) is 0.849. The zero-order valence-electron chi connectivity index (χ0n) is 8.48. The second-order valence-electron chi connectivity index (χ2n) is 3.07. The van der Waals surface area contributed by atoms with Crippen molar-refractivity contribution >= 4 is 37.7 Å². The van der Waals surface area contributed by atoms with Gasteiger partial charge in [-0.2, -0.15) is 5.26 Å². The van der Waals surface area contributed by atoms with E-state index < -0.39 is 15.8 Å². The first kappa shape index (κ1) is 14.4. The Labute approximate surface area is 111 Å². The van der Waals surface area contributed by atoms with Crippen molar-refractivity contribution in [3.8, 4) is 6.07 Å².